The average Bonchev–Trinajstić information content (AvgIpc) is 2.35. The van der Waals surface area contributed by atoms with E-state index in [0.29, 0.717) is 31.8 Å². The van der Waals surface area contributed by atoms with Crippen LogP contribution in [0.4, 0.5) is 14.5 Å². The number of amides is 1. The topological polar surface area (TPSA) is 75.5 Å². The molecule has 108 valence electrons. The minimum absolute atomic E-state index is 0.0831. The Bertz CT molecular complexity index is 561. The maximum absolute atomic E-state index is 13.3. The average molecular weight is 285 g/mol. The minimum Gasteiger partial charge on any atom is -0.333 e. The summed E-state index contributed by atoms with van der Waals surface area (Å²) in [6, 6.07) is 0.945. The quantitative estimate of drug-likeness (QED) is 0.668. The van der Waals surface area contributed by atoms with E-state index in [0.717, 1.165) is 0 Å². The molecule has 0 radical (unpaired) electrons. The Kier molecular flexibility index (Phi) is 3.93. The van der Waals surface area contributed by atoms with E-state index in [9.17, 15) is 23.7 Å². The first kappa shape index (κ1) is 14.3. The van der Waals surface area contributed by atoms with Crippen molar-refractivity contribution in [3.05, 3.63) is 39.4 Å². The van der Waals surface area contributed by atoms with E-state index in [2.05, 4.69) is 5.32 Å². The lowest BCUT2D eigenvalue weighted by Crippen LogP contribution is -2.58. The Hall–Kier alpha value is -2.09. The fourth-order valence-electron chi connectivity index (χ4n) is 2.07. The molecule has 1 aliphatic heterocycles. The molecule has 0 atom stereocenters. The molecule has 1 aromatic rings. The number of halogens is 2. The molecule has 1 aliphatic rings. The van der Waals surface area contributed by atoms with Crippen LogP contribution >= 0.6 is 0 Å². The molecule has 0 bridgehead atoms. The second-order valence-electron chi connectivity index (χ2n) is 4.44. The molecule has 1 fully saturated rings. The van der Waals surface area contributed by atoms with Crippen LogP contribution < -0.4 is 5.32 Å². The summed E-state index contributed by atoms with van der Waals surface area (Å²) in [5.74, 6) is -3.28. The van der Waals surface area contributed by atoms with Crippen LogP contribution in [0.3, 0.4) is 0 Å². The molecule has 0 saturated carbocycles. The third-order valence-electron chi connectivity index (χ3n) is 3.27. The van der Waals surface area contributed by atoms with Gasteiger partial charge in [-0.1, -0.05) is 0 Å². The number of carbonyl (C=O) groups excluding carboxylic acids is 1. The number of nitrogens with one attached hydrogen (secondary N) is 1. The summed E-state index contributed by atoms with van der Waals surface area (Å²) < 4.78 is 26.4. The number of hydrogen-bond donors (Lipinski definition) is 1. The highest BCUT2D eigenvalue weighted by atomic mass is 19.2. The first-order valence-electron chi connectivity index (χ1n) is 6.10. The largest absolute Gasteiger partial charge is 0.333 e. The monoisotopic (exact) mass is 285 g/mol. The molecule has 0 spiro atoms. The number of nitrogens with zero attached hydrogens (tertiary/aromatic N) is 2. The standard InChI is InChI=1S/C12H13F2N3O3/c1-2-16(7-5-15-6-7)12(18)8-3-9(13)10(14)4-11(8)17(19)20/h3-4,7,15H,2,5-6H2,1H3. The van der Waals surface area contributed by atoms with Gasteiger partial charge in [0.25, 0.3) is 11.6 Å². The van der Waals surface area contributed by atoms with Crippen molar-refractivity contribution >= 4 is 11.6 Å². The third kappa shape index (κ3) is 2.46. The van der Waals surface area contributed by atoms with Crippen molar-refractivity contribution in [2.75, 3.05) is 19.6 Å². The number of nitro benzene ring substituents is 1. The predicted molar refractivity (Wildman–Crippen MR) is 66.4 cm³/mol. The van der Waals surface area contributed by atoms with Gasteiger partial charge in [-0.15, -0.1) is 0 Å². The van der Waals surface area contributed by atoms with Crippen molar-refractivity contribution < 1.29 is 18.5 Å². The number of rotatable bonds is 4. The van der Waals surface area contributed by atoms with Gasteiger partial charge in [0.2, 0.25) is 0 Å². The molecule has 1 amide bonds. The van der Waals surface area contributed by atoms with Gasteiger partial charge in [0.1, 0.15) is 5.56 Å². The fraction of sp³-hybridized carbons (Fsp3) is 0.417. The molecule has 1 heterocycles. The maximum atomic E-state index is 13.3. The summed E-state index contributed by atoms with van der Waals surface area (Å²) in [4.78, 5) is 23.7. The number of nitro groups is 1. The molecule has 6 nitrogen and oxygen atoms in total. The minimum atomic E-state index is -1.35. The number of likely N-dealkylation sites (N-methyl/N-ethyl adjacent to an activating group) is 1. The highest BCUT2D eigenvalue weighted by Gasteiger charge is 2.32. The lowest BCUT2D eigenvalue weighted by atomic mass is 10.1. The van der Waals surface area contributed by atoms with Crippen molar-refractivity contribution in [1.29, 1.82) is 0 Å². The Balaban J connectivity index is 2.41. The molecule has 0 unspecified atom stereocenters. The molecule has 20 heavy (non-hydrogen) atoms. The molecule has 0 aromatic heterocycles. The zero-order valence-corrected chi connectivity index (χ0v) is 10.7. The molecule has 1 saturated heterocycles. The van der Waals surface area contributed by atoms with E-state index in [-0.39, 0.29) is 6.04 Å². The Labute approximate surface area is 113 Å². The second-order valence-corrected chi connectivity index (χ2v) is 4.44. The van der Waals surface area contributed by atoms with E-state index in [1.165, 1.54) is 4.90 Å². The smallest absolute Gasteiger partial charge is 0.285 e. The summed E-state index contributed by atoms with van der Waals surface area (Å²) >= 11 is 0. The second kappa shape index (κ2) is 5.49. The van der Waals surface area contributed by atoms with Crippen LogP contribution in [0.1, 0.15) is 17.3 Å². The highest BCUT2D eigenvalue weighted by Crippen LogP contribution is 2.24. The van der Waals surface area contributed by atoms with E-state index in [4.69, 9.17) is 0 Å². The van der Waals surface area contributed by atoms with Gasteiger partial charge in [-0.25, -0.2) is 8.78 Å². The van der Waals surface area contributed by atoms with Crippen molar-refractivity contribution in [3.8, 4) is 0 Å². The Morgan fingerprint density at radius 1 is 1.45 bits per heavy atom. The van der Waals surface area contributed by atoms with Crippen LogP contribution in [0.25, 0.3) is 0 Å². The van der Waals surface area contributed by atoms with Crippen LogP contribution in [-0.4, -0.2) is 41.4 Å². The van der Waals surface area contributed by atoms with Crippen LogP contribution in [-0.2, 0) is 0 Å². The Morgan fingerprint density at radius 3 is 2.50 bits per heavy atom. The predicted octanol–water partition coefficient (Wildman–Crippen LogP) is 1.31. The summed E-state index contributed by atoms with van der Waals surface area (Å²) in [6.07, 6.45) is 0. The van der Waals surface area contributed by atoms with Gasteiger partial charge in [-0.3, -0.25) is 14.9 Å². The molecule has 8 heteroatoms. The van der Waals surface area contributed by atoms with E-state index in [1.54, 1.807) is 6.92 Å². The SMILES string of the molecule is CCN(C(=O)c1cc(F)c(F)cc1[N+](=O)[O-])C1CNC1. The summed E-state index contributed by atoms with van der Waals surface area (Å²) in [6.45, 7) is 3.22. The number of benzene rings is 1. The van der Waals surface area contributed by atoms with Gasteiger partial charge >= 0.3 is 0 Å². The lowest BCUT2D eigenvalue weighted by Gasteiger charge is -2.37. The first-order valence-corrected chi connectivity index (χ1v) is 6.10. The van der Waals surface area contributed by atoms with Crippen molar-refractivity contribution in [1.82, 2.24) is 10.2 Å². The van der Waals surface area contributed by atoms with Crippen molar-refractivity contribution in [2.45, 2.75) is 13.0 Å². The van der Waals surface area contributed by atoms with E-state index < -0.39 is 33.7 Å². The number of hydrogen-bond acceptors (Lipinski definition) is 4. The van der Waals surface area contributed by atoms with Crippen molar-refractivity contribution in [2.24, 2.45) is 0 Å². The van der Waals surface area contributed by atoms with Crippen LogP contribution in [0.15, 0.2) is 12.1 Å². The van der Waals surface area contributed by atoms with Gasteiger partial charge in [0.15, 0.2) is 11.6 Å². The first-order chi connectivity index (χ1) is 9.45. The van der Waals surface area contributed by atoms with Gasteiger partial charge in [-0.2, -0.15) is 0 Å². The summed E-state index contributed by atoms with van der Waals surface area (Å²) in [7, 11) is 0. The molecule has 0 aliphatic carbocycles. The summed E-state index contributed by atoms with van der Waals surface area (Å²) in [5.41, 5.74) is -1.15. The van der Waals surface area contributed by atoms with Crippen LogP contribution in [0.2, 0.25) is 0 Å². The van der Waals surface area contributed by atoms with E-state index in [1.807, 2.05) is 0 Å². The molecular formula is C12H13F2N3O3. The molecule has 1 aromatic carbocycles. The van der Waals surface area contributed by atoms with Gasteiger partial charge in [0.05, 0.1) is 17.0 Å². The highest BCUT2D eigenvalue weighted by molar-refractivity contribution is 5.98. The zero-order chi connectivity index (χ0) is 14.9. The summed E-state index contributed by atoms with van der Waals surface area (Å²) in [5, 5.41) is 13.9. The molecular weight excluding hydrogens is 272 g/mol. The van der Waals surface area contributed by atoms with Crippen LogP contribution in [0.5, 0.6) is 0 Å². The maximum Gasteiger partial charge on any atom is 0.285 e. The van der Waals surface area contributed by atoms with Gasteiger partial charge in [0, 0.05) is 19.6 Å². The molecule has 1 N–H and O–H groups in total. The number of carbonyl (C=O) groups is 1. The lowest BCUT2D eigenvalue weighted by molar-refractivity contribution is -0.385. The normalized spacial score (nSPS) is 14.8. The fourth-order valence-corrected chi connectivity index (χ4v) is 2.07. The third-order valence-corrected chi connectivity index (χ3v) is 3.27. The molecule has 2 rings (SSSR count). The van der Waals surface area contributed by atoms with Gasteiger partial charge < -0.3 is 10.2 Å². The Morgan fingerprint density at radius 2 is 2.05 bits per heavy atom. The van der Waals surface area contributed by atoms with Crippen molar-refractivity contribution in [3.63, 3.8) is 0 Å². The zero-order valence-electron chi connectivity index (χ0n) is 10.7. The van der Waals surface area contributed by atoms with Gasteiger partial charge in [-0.05, 0) is 13.0 Å². The van der Waals surface area contributed by atoms with Crippen LogP contribution in [0, 0.1) is 21.7 Å². The van der Waals surface area contributed by atoms with E-state index >= 15 is 0 Å².